The maximum atomic E-state index is 9.56. The third kappa shape index (κ3) is 27.2. The van der Waals surface area contributed by atoms with Crippen LogP contribution in [0.2, 0.25) is 0 Å². The SMILES string of the molecule is CCCCCCOCCCCCC.CCS(=O)(=O)O. The minimum atomic E-state index is -3.66. The van der Waals surface area contributed by atoms with Crippen molar-refractivity contribution in [2.75, 3.05) is 19.0 Å². The monoisotopic (exact) mass is 296 g/mol. The highest BCUT2D eigenvalue weighted by Crippen LogP contribution is 2.01. The van der Waals surface area contributed by atoms with E-state index in [1.165, 1.54) is 58.3 Å². The Hall–Kier alpha value is -0.130. The topological polar surface area (TPSA) is 63.6 Å². The van der Waals surface area contributed by atoms with Crippen LogP contribution in [0, 0.1) is 0 Å². The van der Waals surface area contributed by atoms with E-state index in [1.54, 1.807) is 0 Å². The zero-order chi connectivity index (χ0) is 15.0. The number of rotatable bonds is 11. The summed E-state index contributed by atoms with van der Waals surface area (Å²) in [6.07, 6.45) is 10.5. The Balaban J connectivity index is 0. The molecule has 19 heavy (non-hydrogen) atoms. The van der Waals surface area contributed by atoms with Gasteiger partial charge in [0.25, 0.3) is 10.1 Å². The Kier molecular flexibility index (Phi) is 17.7. The Labute approximate surface area is 119 Å². The molecule has 0 fully saturated rings. The lowest BCUT2D eigenvalue weighted by Crippen LogP contribution is -1.97. The van der Waals surface area contributed by atoms with Crippen LogP contribution in [0.3, 0.4) is 0 Å². The molecule has 0 heterocycles. The third-order valence-corrected chi connectivity index (χ3v) is 3.38. The summed E-state index contributed by atoms with van der Waals surface area (Å²) in [4.78, 5) is 0. The van der Waals surface area contributed by atoms with Crippen molar-refractivity contribution in [2.24, 2.45) is 0 Å². The lowest BCUT2D eigenvalue weighted by molar-refractivity contribution is 0.126. The van der Waals surface area contributed by atoms with Gasteiger partial charge < -0.3 is 4.74 Å². The van der Waals surface area contributed by atoms with E-state index in [9.17, 15) is 8.42 Å². The van der Waals surface area contributed by atoms with Crippen LogP contribution in [-0.4, -0.2) is 31.9 Å². The van der Waals surface area contributed by atoms with Crippen molar-refractivity contribution in [3.05, 3.63) is 0 Å². The van der Waals surface area contributed by atoms with Gasteiger partial charge in [-0.1, -0.05) is 52.4 Å². The van der Waals surface area contributed by atoms with Crippen molar-refractivity contribution in [2.45, 2.75) is 72.1 Å². The van der Waals surface area contributed by atoms with Crippen molar-refractivity contribution < 1.29 is 17.7 Å². The summed E-state index contributed by atoms with van der Waals surface area (Å²) in [7, 11) is -3.66. The van der Waals surface area contributed by atoms with E-state index in [0.717, 1.165) is 13.2 Å². The molecular weight excluding hydrogens is 264 g/mol. The summed E-state index contributed by atoms with van der Waals surface area (Å²) >= 11 is 0. The Morgan fingerprint density at radius 2 is 1.16 bits per heavy atom. The number of ether oxygens (including phenoxy) is 1. The van der Waals surface area contributed by atoms with Gasteiger partial charge in [0, 0.05) is 13.2 Å². The van der Waals surface area contributed by atoms with Crippen molar-refractivity contribution in [1.82, 2.24) is 0 Å². The smallest absolute Gasteiger partial charge is 0.264 e. The van der Waals surface area contributed by atoms with Crippen LogP contribution < -0.4 is 0 Å². The first-order valence-corrected chi connectivity index (χ1v) is 9.11. The van der Waals surface area contributed by atoms with Crippen LogP contribution >= 0.6 is 0 Å². The molecule has 0 aliphatic carbocycles. The molecule has 0 aromatic carbocycles. The second kappa shape index (κ2) is 15.9. The van der Waals surface area contributed by atoms with Gasteiger partial charge >= 0.3 is 0 Å². The summed E-state index contributed by atoms with van der Waals surface area (Å²) < 4.78 is 32.4. The minimum Gasteiger partial charge on any atom is -0.381 e. The van der Waals surface area contributed by atoms with Crippen molar-refractivity contribution >= 4 is 10.1 Å². The maximum Gasteiger partial charge on any atom is 0.264 e. The highest BCUT2D eigenvalue weighted by molar-refractivity contribution is 7.85. The van der Waals surface area contributed by atoms with E-state index in [2.05, 4.69) is 13.8 Å². The molecule has 0 radical (unpaired) electrons. The van der Waals surface area contributed by atoms with Gasteiger partial charge in [0.2, 0.25) is 0 Å². The fourth-order valence-electron chi connectivity index (χ4n) is 1.36. The summed E-state index contributed by atoms with van der Waals surface area (Å²) in [5, 5.41) is 0. The third-order valence-electron chi connectivity index (χ3n) is 2.65. The van der Waals surface area contributed by atoms with Gasteiger partial charge in [-0.3, -0.25) is 4.55 Å². The molecule has 0 aliphatic heterocycles. The van der Waals surface area contributed by atoms with Gasteiger partial charge in [-0.2, -0.15) is 8.42 Å². The summed E-state index contributed by atoms with van der Waals surface area (Å²) in [6.45, 7) is 7.81. The molecule has 0 bridgehead atoms. The summed E-state index contributed by atoms with van der Waals surface area (Å²) in [5.74, 6) is -0.201. The van der Waals surface area contributed by atoms with Gasteiger partial charge in [-0.15, -0.1) is 0 Å². The molecule has 0 unspecified atom stereocenters. The first-order valence-electron chi connectivity index (χ1n) is 7.50. The maximum absolute atomic E-state index is 9.56. The molecule has 0 spiro atoms. The Bertz CT molecular complexity index is 240. The van der Waals surface area contributed by atoms with E-state index in [0.29, 0.717) is 0 Å². The zero-order valence-corrected chi connectivity index (χ0v) is 13.7. The fourth-order valence-corrected chi connectivity index (χ4v) is 1.36. The predicted molar refractivity (Wildman–Crippen MR) is 81.2 cm³/mol. The molecule has 0 aliphatic rings. The zero-order valence-electron chi connectivity index (χ0n) is 12.9. The molecule has 0 saturated carbocycles. The quantitative estimate of drug-likeness (QED) is 0.461. The van der Waals surface area contributed by atoms with Crippen LogP contribution in [0.4, 0.5) is 0 Å². The Morgan fingerprint density at radius 1 is 0.789 bits per heavy atom. The largest absolute Gasteiger partial charge is 0.381 e. The first kappa shape index (κ1) is 21.2. The van der Waals surface area contributed by atoms with Gasteiger partial charge in [-0.05, 0) is 19.8 Å². The molecule has 118 valence electrons. The second-order valence-electron chi connectivity index (χ2n) is 4.60. The Morgan fingerprint density at radius 3 is 1.42 bits per heavy atom. The average molecular weight is 296 g/mol. The highest BCUT2D eigenvalue weighted by atomic mass is 32.2. The van der Waals surface area contributed by atoms with Gasteiger partial charge in [0.05, 0.1) is 5.75 Å². The number of hydrogen-bond donors (Lipinski definition) is 1. The molecule has 4 nitrogen and oxygen atoms in total. The molecule has 5 heteroatoms. The lowest BCUT2D eigenvalue weighted by Gasteiger charge is -2.03. The van der Waals surface area contributed by atoms with Crippen LogP contribution in [0.1, 0.15) is 72.1 Å². The van der Waals surface area contributed by atoms with E-state index in [4.69, 9.17) is 9.29 Å². The van der Waals surface area contributed by atoms with Crippen molar-refractivity contribution in [1.29, 1.82) is 0 Å². The van der Waals surface area contributed by atoms with E-state index >= 15 is 0 Å². The summed E-state index contributed by atoms with van der Waals surface area (Å²) in [6, 6.07) is 0. The standard InChI is InChI=1S/C12H26O.C2H6O3S/c1-3-5-7-9-11-13-12-10-8-6-4-2;1-2-6(3,4)5/h3-12H2,1-2H3;2H2,1H3,(H,3,4,5). The fraction of sp³-hybridized carbons (Fsp3) is 1.00. The van der Waals surface area contributed by atoms with E-state index < -0.39 is 10.1 Å². The van der Waals surface area contributed by atoms with Gasteiger partial charge in [-0.25, -0.2) is 0 Å². The molecule has 0 aromatic heterocycles. The molecule has 0 saturated heterocycles. The van der Waals surface area contributed by atoms with Crippen LogP contribution in [-0.2, 0) is 14.9 Å². The normalized spacial score (nSPS) is 10.9. The van der Waals surface area contributed by atoms with Crippen LogP contribution in [0.5, 0.6) is 0 Å². The number of hydrogen-bond acceptors (Lipinski definition) is 3. The van der Waals surface area contributed by atoms with E-state index in [1.807, 2.05) is 0 Å². The molecule has 0 aromatic rings. The average Bonchev–Trinajstić information content (AvgIpc) is 2.37. The molecule has 1 N–H and O–H groups in total. The number of unbranched alkanes of at least 4 members (excludes halogenated alkanes) is 6. The first-order chi connectivity index (χ1) is 8.97. The van der Waals surface area contributed by atoms with Crippen LogP contribution in [0.25, 0.3) is 0 Å². The molecule has 0 amide bonds. The van der Waals surface area contributed by atoms with Gasteiger partial charge in [0.1, 0.15) is 0 Å². The van der Waals surface area contributed by atoms with Crippen molar-refractivity contribution in [3.8, 4) is 0 Å². The molecule has 0 rings (SSSR count). The minimum absolute atomic E-state index is 0.201. The summed E-state index contributed by atoms with van der Waals surface area (Å²) in [5.41, 5.74) is 0. The van der Waals surface area contributed by atoms with Crippen LogP contribution in [0.15, 0.2) is 0 Å². The van der Waals surface area contributed by atoms with Gasteiger partial charge in [0.15, 0.2) is 0 Å². The molecule has 0 atom stereocenters. The molecular formula is C14H32O4S. The van der Waals surface area contributed by atoms with Crippen molar-refractivity contribution in [3.63, 3.8) is 0 Å². The van der Waals surface area contributed by atoms with E-state index in [-0.39, 0.29) is 5.75 Å². The second-order valence-corrected chi connectivity index (χ2v) is 6.35. The highest BCUT2D eigenvalue weighted by Gasteiger charge is 1.93. The predicted octanol–water partition coefficient (Wildman–Crippen LogP) is 4.06. The lowest BCUT2D eigenvalue weighted by atomic mass is 10.2.